The van der Waals surface area contributed by atoms with Gasteiger partial charge in [-0.25, -0.2) is 4.79 Å². The fourth-order valence-electron chi connectivity index (χ4n) is 7.15. The van der Waals surface area contributed by atoms with Crippen LogP contribution >= 0.6 is 0 Å². The normalized spacial score (nSPS) is 30.3. The van der Waals surface area contributed by atoms with Gasteiger partial charge in [-0.2, -0.15) is 0 Å². The Kier molecular flexibility index (Phi) is 3.43. The van der Waals surface area contributed by atoms with Crippen molar-refractivity contribution in [1.29, 1.82) is 0 Å². The van der Waals surface area contributed by atoms with Crippen LogP contribution in [-0.4, -0.2) is 13.7 Å². The lowest BCUT2D eigenvalue weighted by atomic mass is 9.53. The zero-order valence-corrected chi connectivity index (χ0v) is 17.1. The minimum atomic E-state index is -0.259. The van der Waals surface area contributed by atoms with E-state index in [0.29, 0.717) is 5.39 Å². The summed E-state index contributed by atoms with van der Waals surface area (Å²) in [6, 6.07) is 10.3. The number of aryl methyl sites for hydroxylation is 1. The molecule has 2 aromatic heterocycles. The topological polar surface area (TPSA) is 48.9 Å². The van der Waals surface area contributed by atoms with Crippen molar-refractivity contribution in [2.75, 3.05) is 0 Å². The molecule has 7 rings (SSSR count). The molecule has 1 aromatic carbocycles. The molecule has 0 N–H and O–H groups in total. The van der Waals surface area contributed by atoms with Gasteiger partial charge in [-0.05, 0) is 61.8 Å². The van der Waals surface area contributed by atoms with Gasteiger partial charge in [-0.15, -0.1) is 0 Å². The Balaban J connectivity index is 1.71. The first-order chi connectivity index (χ1) is 14.0. The first kappa shape index (κ1) is 17.3. The molecule has 2 heterocycles. The van der Waals surface area contributed by atoms with Gasteiger partial charge in [0.15, 0.2) is 0 Å². The molecule has 150 valence electrons. The zero-order chi connectivity index (χ0) is 19.9. The van der Waals surface area contributed by atoms with E-state index in [9.17, 15) is 9.59 Å². The summed E-state index contributed by atoms with van der Waals surface area (Å²) in [5.41, 5.74) is 2.45. The molecule has 5 heteroatoms. The summed E-state index contributed by atoms with van der Waals surface area (Å²) in [4.78, 5) is 25.9. The van der Waals surface area contributed by atoms with E-state index in [2.05, 4.69) is 22.9 Å². The predicted octanol–water partition coefficient (Wildman–Crippen LogP) is 3.63. The van der Waals surface area contributed by atoms with E-state index in [1.807, 2.05) is 18.2 Å². The van der Waals surface area contributed by atoms with E-state index in [4.69, 9.17) is 0 Å². The maximum absolute atomic E-state index is 13.3. The van der Waals surface area contributed by atoms with Crippen molar-refractivity contribution in [3.63, 3.8) is 0 Å². The molecule has 3 aromatic rings. The molecule has 0 atom stereocenters. The quantitative estimate of drug-likeness (QED) is 0.672. The van der Waals surface area contributed by atoms with Gasteiger partial charge in [0.2, 0.25) is 0 Å². The van der Waals surface area contributed by atoms with Crippen molar-refractivity contribution in [3.05, 3.63) is 57.4 Å². The molecule has 0 aliphatic heterocycles. The molecule has 0 radical (unpaired) electrons. The van der Waals surface area contributed by atoms with Crippen molar-refractivity contribution < 1.29 is 0 Å². The molecular weight excluding hydrogens is 362 g/mol. The molecule has 0 spiro atoms. The number of fused-ring (bicyclic) bond motifs is 1. The van der Waals surface area contributed by atoms with Crippen LogP contribution < -0.4 is 11.2 Å². The highest BCUT2D eigenvalue weighted by Crippen LogP contribution is 2.59. The van der Waals surface area contributed by atoms with Gasteiger partial charge in [0.05, 0.1) is 16.6 Å². The molecule has 4 fully saturated rings. The first-order valence-electron chi connectivity index (χ1n) is 10.8. The van der Waals surface area contributed by atoms with Gasteiger partial charge in [-0.3, -0.25) is 13.9 Å². The fraction of sp³-hybridized carbons (Fsp3) is 0.500. The zero-order valence-electron chi connectivity index (χ0n) is 17.1. The van der Waals surface area contributed by atoms with Crippen LogP contribution in [0.15, 0.2) is 46.1 Å². The van der Waals surface area contributed by atoms with Gasteiger partial charge >= 0.3 is 5.69 Å². The third kappa shape index (κ3) is 2.27. The van der Waals surface area contributed by atoms with E-state index >= 15 is 0 Å². The SMILES string of the molecule is Cn1c(=O)c2c(-c3ccccc3)n(C34CC5CC(CC(C5)C3)C4)cc2n(C)c1=O. The van der Waals surface area contributed by atoms with Crippen molar-refractivity contribution in [1.82, 2.24) is 13.7 Å². The summed E-state index contributed by atoms with van der Waals surface area (Å²) in [6.07, 6.45) is 9.85. The maximum atomic E-state index is 13.3. The standard InChI is InChI=1S/C24H27N3O2/c1-25-19-14-27(24-11-15-8-16(12-24)10-17(9-15)13-24)21(18-6-4-3-5-7-18)20(19)22(28)26(2)23(25)29/h3-7,14-17H,8-13H2,1-2H3. The average molecular weight is 389 g/mol. The molecule has 4 bridgehead atoms. The number of benzene rings is 1. The predicted molar refractivity (Wildman–Crippen MR) is 114 cm³/mol. The summed E-state index contributed by atoms with van der Waals surface area (Å²) < 4.78 is 5.32. The summed E-state index contributed by atoms with van der Waals surface area (Å²) in [6.45, 7) is 0. The van der Waals surface area contributed by atoms with E-state index in [1.54, 1.807) is 18.7 Å². The highest BCUT2D eigenvalue weighted by molar-refractivity contribution is 5.94. The molecule has 4 aliphatic rings. The van der Waals surface area contributed by atoms with Crippen molar-refractivity contribution >= 4 is 10.9 Å². The number of hydrogen-bond donors (Lipinski definition) is 0. The smallest absolute Gasteiger partial charge is 0.330 e. The molecule has 0 unspecified atom stereocenters. The molecule has 4 saturated carbocycles. The third-order valence-corrected chi connectivity index (χ3v) is 8.00. The lowest BCUT2D eigenvalue weighted by Gasteiger charge is -2.57. The van der Waals surface area contributed by atoms with Crippen LogP contribution in [0.4, 0.5) is 0 Å². The van der Waals surface area contributed by atoms with Gasteiger partial charge in [-0.1, -0.05) is 30.3 Å². The molecule has 5 nitrogen and oxygen atoms in total. The van der Waals surface area contributed by atoms with Crippen molar-refractivity contribution in [3.8, 4) is 11.3 Å². The lowest BCUT2D eigenvalue weighted by molar-refractivity contribution is -0.0419. The summed E-state index contributed by atoms with van der Waals surface area (Å²) in [5.74, 6) is 2.42. The first-order valence-corrected chi connectivity index (χ1v) is 10.8. The minimum absolute atomic E-state index is 0.0833. The van der Waals surface area contributed by atoms with Crippen LogP contribution in [0.5, 0.6) is 0 Å². The van der Waals surface area contributed by atoms with Crippen LogP contribution in [0, 0.1) is 17.8 Å². The Morgan fingerprint density at radius 3 is 2.03 bits per heavy atom. The Bertz CT molecular complexity index is 1210. The van der Waals surface area contributed by atoms with Crippen LogP contribution in [-0.2, 0) is 19.6 Å². The maximum Gasteiger partial charge on any atom is 0.330 e. The van der Waals surface area contributed by atoms with Crippen molar-refractivity contribution in [2.24, 2.45) is 31.8 Å². The average Bonchev–Trinajstić information content (AvgIpc) is 3.12. The Morgan fingerprint density at radius 2 is 1.45 bits per heavy atom. The second-order valence-corrected chi connectivity index (χ2v) is 9.82. The van der Waals surface area contributed by atoms with Crippen LogP contribution in [0.25, 0.3) is 22.2 Å². The second-order valence-electron chi connectivity index (χ2n) is 9.82. The lowest BCUT2D eigenvalue weighted by Crippen LogP contribution is -2.51. The summed E-state index contributed by atoms with van der Waals surface area (Å²) in [7, 11) is 3.36. The van der Waals surface area contributed by atoms with Gasteiger partial charge in [0, 0.05) is 25.8 Å². The third-order valence-electron chi connectivity index (χ3n) is 8.00. The van der Waals surface area contributed by atoms with E-state index in [0.717, 1.165) is 34.5 Å². The highest BCUT2D eigenvalue weighted by atomic mass is 16.2. The number of rotatable bonds is 2. The van der Waals surface area contributed by atoms with E-state index in [-0.39, 0.29) is 16.8 Å². The van der Waals surface area contributed by atoms with Crippen LogP contribution in [0.2, 0.25) is 0 Å². The van der Waals surface area contributed by atoms with Gasteiger partial charge in [0.1, 0.15) is 0 Å². The number of aromatic nitrogens is 3. The molecule has 0 amide bonds. The molecule has 0 saturated heterocycles. The second kappa shape index (κ2) is 5.74. The van der Waals surface area contributed by atoms with E-state index in [1.165, 1.54) is 43.1 Å². The Morgan fingerprint density at radius 1 is 0.862 bits per heavy atom. The van der Waals surface area contributed by atoms with Crippen LogP contribution in [0.3, 0.4) is 0 Å². The minimum Gasteiger partial charge on any atom is -0.339 e. The van der Waals surface area contributed by atoms with Gasteiger partial charge in [0.25, 0.3) is 5.56 Å². The molecule has 4 aliphatic carbocycles. The Labute approximate surface area is 169 Å². The number of hydrogen-bond acceptors (Lipinski definition) is 2. The largest absolute Gasteiger partial charge is 0.339 e. The summed E-state index contributed by atoms with van der Waals surface area (Å²) >= 11 is 0. The Hall–Kier alpha value is -2.56. The fourth-order valence-corrected chi connectivity index (χ4v) is 7.15. The number of nitrogens with zero attached hydrogens (tertiary/aromatic N) is 3. The van der Waals surface area contributed by atoms with Crippen molar-refractivity contribution in [2.45, 2.75) is 44.1 Å². The molecular formula is C24H27N3O2. The molecule has 29 heavy (non-hydrogen) atoms. The summed E-state index contributed by atoms with van der Waals surface area (Å²) in [5, 5.41) is 0.677. The van der Waals surface area contributed by atoms with Gasteiger partial charge < -0.3 is 4.57 Å². The monoisotopic (exact) mass is 389 g/mol. The highest BCUT2D eigenvalue weighted by Gasteiger charge is 2.52. The van der Waals surface area contributed by atoms with E-state index < -0.39 is 0 Å². The van der Waals surface area contributed by atoms with Crippen LogP contribution in [0.1, 0.15) is 38.5 Å².